The molecule has 3 heterocycles. The summed E-state index contributed by atoms with van der Waals surface area (Å²) in [6, 6.07) is 1.55. The largest absolute Gasteiger partial charge is 0.300 e. The average molecular weight is 407 g/mol. The zero-order valence-corrected chi connectivity index (χ0v) is 18.4. The van der Waals surface area contributed by atoms with E-state index in [9.17, 15) is 0 Å². The lowest BCUT2D eigenvalue weighted by Gasteiger charge is -2.46. The molecule has 1 aromatic heterocycles. The van der Waals surface area contributed by atoms with Crippen molar-refractivity contribution in [3.63, 3.8) is 0 Å². The highest BCUT2D eigenvalue weighted by Crippen LogP contribution is 2.53. The van der Waals surface area contributed by atoms with Crippen LogP contribution >= 0.6 is 22.9 Å². The van der Waals surface area contributed by atoms with E-state index in [2.05, 4.69) is 29.5 Å². The molecule has 0 amide bonds. The van der Waals surface area contributed by atoms with E-state index in [0.717, 1.165) is 29.8 Å². The Balaban J connectivity index is 1.41. The highest BCUT2D eigenvalue weighted by molar-refractivity contribution is 7.11. The maximum absolute atomic E-state index is 6.44. The molecule has 2 aliphatic heterocycles. The van der Waals surface area contributed by atoms with Crippen LogP contribution in [0.5, 0.6) is 0 Å². The first-order valence-electron chi connectivity index (χ1n) is 11.5. The molecule has 2 saturated carbocycles. The topological polar surface area (TPSA) is 16.1 Å². The van der Waals surface area contributed by atoms with Gasteiger partial charge in [-0.3, -0.25) is 4.90 Å². The summed E-state index contributed by atoms with van der Waals surface area (Å²) in [6.07, 6.45) is 18.6. The minimum Gasteiger partial charge on any atom is -0.300 e. The molecule has 0 aromatic carbocycles. The Hall–Kier alpha value is -0.120. The number of aromatic nitrogens is 1. The summed E-state index contributed by atoms with van der Waals surface area (Å²) < 4.78 is 0. The van der Waals surface area contributed by atoms with E-state index in [-0.39, 0.29) is 0 Å². The second-order valence-corrected chi connectivity index (χ2v) is 11.5. The van der Waals surface area contributed by atoms with Crippen LogP contribution in [0, 0.1) is 11.8 Å². The molecule has 27 heavy (non-hydrogen) atoms. The van der Waals surface area contributed by atoms with Crippen molar-refractivity contribution in [2.75, 3.05) is 7.05 Å². The predicted molar refractivity (Wildman–Crippen MR) is 115 cm³/mol. The monoisotopic (exact) mass is 406 g/mol. The number of alkyl halides is 1. The molecular formula is C23H35ClN2S. The fraction of sp³-hybridized carbons (Fsp3) is 0.870. The van der Waals surface area contributed by atoms with Gasteiger partial charge in [-0.05, 0) is 82.6 Å². The summed E-state index contributed by atoms with van der Waals surface area (Å²) >= 11 is 8.53. The van der Waals surface area contributed by atoms with E-state index in [1.807, 2.05) is 0 Å². The van der Waals surface area contributed by atoms with Gasteiger partial charge >= 0.3 is 0 Å². The Kier molecular flexibility index (Phi) is 5.56. The third-order valence-electron chi connectivity index (χ3n) is 8.46. The molecule has 0 N–H and O–H groups in total. The molecule has 0 spiro atoms. The summed E-state index contributed by atoms with van der Waals surface area (Å²) in [4.78, 5) is 9.40. The SMILES string of the molecule is CN1C2CCC1C(c1ncc(C3CCCCC3)s1)C(C1CCC(Cl)CC1)C2. The second-order valence-electron chi connectivity index (χ2n) is 9.84. The van der Waals surface area contributed by atoms with Gasteiger partial charge in [0.25, 0.3) is 0 Å². The van der Waals surface area contributed by atoms with Crippen LogP contribution in [0.25, 0.3) is 0 Å². The Labute approximate surface area is 174 Å². The smallest absolute Gasteiger partial charge is 0.0977 e. The Bertz CT molecular complexity index is 632. The first kappa shape index (κ1) is 18.9. The fourth-order valence-electron chi connectivity index (χ4n) is 6.88. The van der Waals surface area contributed by atoms with Crippen molar-refractivity contribution in [1.29, 1.82) is 0 Å². The zero-order valence-electron chi connectivity index (χ0n) is 16.8. The number of piperidine rings is 1. The van der Waals surface area contributed by atoms with Crippen molar-refractivity contribution in [3.05, 3.63) is 16.1 Å². The first-order chi connectivity index (χ1) is 13.2. The number of halogens is 1. The van der Waals surface area contributed by atoms with Crippen LogP contribution in [0.4, 0.5) is 0 Å². The van der Waals surface area contributed by atoms with E-state index in [4.69, 9.17) is 16.6 Å². The van der Waals surface area contributed by atoms with Gasteiger partial charge in [0.05, 0.1) is 5.01 Å². The van der Waals surface area contributed by atoms with Crippen LogP contribution in [0.15, 0.2) is 6.20 Å². The lowest BCUT2D eigenvalue weighted by molar-refractivity contribution is 0.0633. The van der Waals surface area contributed by atoms with Crippen LogP contribution in [0.1, 0.15) is 98.8 Å². The van der Waals surface area contributed by atoms with Crippen molar-refractivity contribution >= 4 is 22.9 Å². The highest BCUT2D eigenvalue weighted by atomic mass is 35.5. The molecule has 5 rings (SSSR count). The van der Waals surface area contributed by atoms with Crippen LogP contribution < -0.4 is 0 Å². The van der Waals surface area contributed by atoms with Crippen LogP contribution in [-0.2, 0) is 0 Å². The summed E-state index contributed by atoms with van der Waals surface area (Å²) in [7, 11) is 2.39. The standard InChI is InChI=1S/C23H35ClN2S/c1-26-18-11-12-20(26)22(19(13-18)15-7-9-17(24)10-8-15)23-25-14-21(27-23)16-5-3-2-4-6-16/h14-20,22H,2-13H2,1H3. The van der Waals surface area contributed by atoms with Crippen molar-refractivity contribution in [2.45, 2.75) is 106 Å². The molecule has 0 radical (unpaired) electrons. The number of likely N-dealkylation sites (N-methyl/N-ethyl adjacent to an activating group) is 1. The van der Waals surface area contributed by atoms with Crippen LogP contribution in [-0.4, -0.2) is 34.4 Å². The zero-order chi connectivity index (χ0) is 18.4. The lowest BCUT2D eigenvalue weighted by Crippen LogP contribution is -2.47. The summed E-state index contributed by atoms with van der Waals surface area (Å²) in [5.74, 6) is 3.19. The normalized spacial score (nSPS) is 41.1. The van der Waals surface area contributed by atoms with Gasteiger partial charge in [-0.1, -0.05) is 19.3 Å². The molecule has 4 aliphatic rings. The lowest BCUT2D eigenvalue weighted by atomic mass is 9.68. The molecule has 1 aromatic rings. The number of hydrogen-bond donors (Lipinski definition) is 0. The summed E-state index contributed by atoms with van der Waals surface area (Å²) in [6.45, 7) is 0. The van der Waals surface area contributed by atoms with Gasteiger partial charge in [-0.2, -0.15) is 0 Å². The van der Waals surface area contributed by atoms with Gasteiger partial charge in [0, 0.05) is 34.5 Å². The molecule has 4 fully saturated rings. The van der Waals surface area contributed by atoms with E-state index < -0.39 is 0 Å². The predicted octanol–water partition coefficient (Wildman–Crippen LogP) is 6.55. The molecule has 2 bridgehead atoms. The quantitative estimate of drug-likeness (QED) is 0.528. The van der Waals surface area contributed by atoms with E-state index in [0.29, 0.717) is 11.3 Å². The van der Waals surface area contributed by atoms with E-state index in [1.165, 1.54) is 82.1 Å². The van der Waals surface area contributed by atoms with Crippen molar-refractivity contribution in [3.8, 4) is 0 Å². The maximum Gasteiger partial charge on any atom is 0.0977 e. The maximum atomic E-state index is 6.44. The number of fused-ring (bicyclic) bond motifs is 2. The number of hydrogen-bond acceptors (Lipinski definition) is 3. The number of nitrogens with zero attached hydrogens (tertiary/aromatic N) is 2. The second kappa shape index (κ2) is 7.95. The van der Waals surface area contributed by atoms with Gasteiger partial charge in [-0.25, -0.2) is 4.98 Å². The van der Waals surface area contributed by atoms with Crippen molar-refractivity contribution in [1.82, 2.24) is 9.88 Å². The van der Waals surface area contributed by atoms with Crippen LogP contribution in [0.3, 0.4) is 0 Å². The van der Waals surface area contributed by atoms with Gasteiger partial charge in [0.1, 0.15) is 0 Å². The van der Waals surface area contributed by atoms with Gasteiger partial charge in [0.2, 0.25) is 0 Å². The van der Waals surface area contributed by atoms with Crippen molar-refractivity contribution in [2.24, 2.45) is 11.8 Å². The Morgan fingerprint density at radius 3 is 2.56 bits per heavy atom. The van der Waals surface area contributed by atoms with Gasteiger partial charge in [-0.15, -0.1) is 22.9 Å². The van der Waals surface area contributed by atoms with Crippen molar-refractivity contribution < 1.29 is 0 Å². The summed E-state index contributed by atoms with van der Waals surface area (Å²) in [5, 5.41) is 1.91. The molecule has 4 heteroatoms. The van der Waals surface area contributed by atoms with Gasteiger partial charge < -0.3 is 0 Å². The van der Waals surface area contributed by atoms with E-state index >= 15 is 0 Å². The first-order valence-corrected chi connectivity index (χ1v) is 12.8. The molecule has 2 aliphatic carbocycles. The highest BCUT2D eigenvalue weighted by Gasteiger charge is 2.49. The third-order valence-corrected chi connectivity index (χ3v) is 10.2. The number of rotatable bonds is 3. The molecule has 150 valence electrons. The number of thiazole rings is 1. The Morgan fingerprint density at radius 2 is 1.78 bits per heavy atom. The average Bonchev–Trinajstić information content (AvgIpc) is 3.26. The fourth-order valence-corrected chi connectivity index (χ4v) is 8.45. The molecule has 4 atom stereocenters. The van der Waals surface area contributed by atoms with Gasteiger partial charge in [0.15, 0.2) is 0 Å². The minimum absolute atomic E-state index is 0.431. The molecule has 2 nitrogen and oxygen atoms in total. The van der Waals surface area contributed by atoms with E-state index in [1.54, 1.807) is 4.88 Å². The Morgan fingerprint density at radius 1 is 1.00 bits per heavy atom. The molecule has 2 saturated heterocycles. The molecule has 4 unspecified atom stereocenters. The third kappa shape index (κ3) is 3.62. The minimum atomic E-state index is 0.431. The molecular weight excluding hydrogens is 372 g/mol. The van der Waals surface area contributed by atoms with Crippen LogP contribution in [0.2, 0.25) is 0 Å². The summed E-state index contributed by atoms with van der Waals surface area (Å²) in [5.41, 5.74) is 0.